The van der Waals surface area contributed by atoms with Gasteiger partial charge in [-0.2, -0.15) is 0 Å². The second kappa shape index (κ2) is 2.83. The maximum atomic E-state index is 13.2. The zero-order valence-corrected chi connectivity index (χ0v) is 7.36. The van der Waals surface area contributed by atoms with Crippen LogP contribution in [0.25, 0.3) is 0 Å². The second-order valence-electron chi connectivity index (χ2n) is 3.27. The zero-order valence-electron chi connectivity index (χ0n) is 7.36. The van der Waals surface area contributed by atoms with Crippen molar-refractivity contribution < 1.29 is 9.18 Å². The van der Waals surface area contributed by atoms with Crippen molar-refractivity contribution in [3.05, 3.63) is 29.1 Å². The number of benzene rings is 1. The Morgan fingerprint density at radius 2 is 2.15 bits per heavy atom. The fourth-order valence-corrected chi connectivity index (χ4v) is 1.60. The lowest BCUT2D eigenvalue weighted by molar-refractivity contribution is -0.116. The molecule has 0 atom stereocenters. The van der Waals surface area contributed by atoms with E-state index in [1.165, 1.54) is 6.07 Å². The molecular formula is C10H10FNO. The maximum absolute atomic E-state index is 13.2. The molecule has 1 aromatic rings. The van der Waals surface area contributed by atoms with Crippen LogP contribution in [0.3, 0.4) is 0 Å². The molecular weight excluding hydrogens is 169 g/mol. The van der Waals surface area contributed by atoms with Crippen molar-refractivity contribution in [2.75, 3.05) is 5.32 Å². The number of nitrogens with one attached hydrogen (secondary N) is 1. The summed E-state index contributed by atoms with van der Waals surface area (Å²) in [5.74, 6) is -0.248. The summed E-state index contributed by atoms with van der Waals surface area (Å²) in [5, 5.41) is 2.69. The van der Waals surface area contributed by atoms with Crippen molar-refractivity contribution in [1.82, 2.24) is 0 Å². The van der Waals surface area contributed by atoms with Gasteiger partial charge in [-0.15, -0.1) is 0 Å². The molecule has 2 nitrogen and oxygen atoms in total. The number of amides is 1. The van der Waals surface area contributed by atoms with Gasteiger partial charge in [-0.1, -0.05) is 6.07 Å². The Kier molecular flexibility index (Phi) is 1.79. The molecule has 1 amide bonds. The fourth-order valence-electron chi connectivity index (χ4n) is 1.60. The van der Waals surface area contributed by atoms with Gasteiger partial charge in [0.1, 0.15) is 5.82 Å². The number of carbonyl (C=O) groups is 1. The number of hydrogen-bond acceptors (Lipinski definition) is 1. The highest BCUT2D eigenvalue weighted by Crippen LogP contribution is 2.28. The number of halogens is 1. The van der Waals surface area contributed by atoms with Crippen LogP contribution < -0.4 is 5.32 Å². The summed E-state index contributed by atoms with van der Waals surface area (Å²) in [4.78, 5) is 11.1. The number of anilines is 1. The van der Waals surface area contributed by atoms with Gasteiger partial charge in [0.05, 0.1) is 0 Å². The monoisotopic (exact) mass is 179 g/mol. The van der Waals surface area contributed by atoms with Gasteiger partial charge in [0.15, 0.2) is 0 Å². The van der Waals surface area contributed by atoms with E-state index < -0.39 is 0 Å². The van der Waals surface area contributed by atoms with E-state index in [4.69, 9.17) is 0 Å². The molecule has 0 radical (unpaired) electrons. The molecule has 0 fully saturated rings. The van der Waals surface area contributed by atoms with E-state index in [0.29, 0.717) is 24.1 Å². The summed E-state index contributed by atoms with van der Waals surface area (Å²) in [6, 6.07) is 3.13. The highest BCUT2D eigenvalue weighted by atomic mass is 19.1. The van der Waals surface area contributed by atoms with Crippen LogP contribution in [0.1, 0.15) is 17.5 Å². The quantitative estimate of drug-likeness (QED) is 0.648. The van der Waals surface area contributed by atoms with Crippen molar-refractivity contribution in [1.29, 1.82) is 0 Å². The fraction of sp³-hybridized carbons (Fsp3) is 0.300. The topological polar surface area (TPSA) is 29.1 Å². The lowest BCUT2D eigenvalue weighted by Gasteiger charge is -2.19. The van der Waals surface area contributed by atoms with E-state index >= 15 is 0 Å². The molecule has 3 heteroatoms. The van der Waals surface area contributed by atoms with Crippen LogP contribution in [0.4, 0.5) is 10.1 Å². The van der Waals surface area contributed by atoms with Crippen molar-refractivity contribution in [2.24, 2.45) is 0 Å². The van der Waals surface area contributed by atoms with Gasteiger partial charge >= 0.3 is 0 Å². The van der Waals surface area contributed by atoms with E-state index in [1.807, 2.05) is 6.92 Å². The van der Waals surface area contributed by atoms with Crippen molar-refractivity contribution in [3.63, 3.8) is 0 Å². The minimum Gasteiger partial charge on any atom is -0.325 e. The van der Waals surface area contributed by atoms with Crippen LogP contribution in [0.5, 0.6) is 0 Å². The number of carbonyl (C=O) groups excluding carboxylic acids is 1. The van der Waals surface area contributed by atoms with Gasteiger partial charge in [-0.3, -0.25) is 4.79 Å². The molecule has 0 aromatic heterocycles. The summed E-state index contributed by atoms with van der Waals surface area (Å²) in [7, 11) is 0. The Morgan fingerprint density at radius 1 is 1.38 bits per heavy atom. The minimum atomic E-state index is -0.222. The molecule has 0 unspecified atom stereocenters. The van der Waals surface area contributed by atoms with Gasteiger partial charge in [-0.05, 0) is 25.0 Å². The number of fused-ring (bicyclic) bond motifs is 1. The first-order valence-electron chi connectivity index (χ1n) is 4.26. The highest BCUT2D eigenvalue weighted by Gasteiger charge is 2.19. The third-order valence-corrected chi connectivity index (χ3v) is 2.33. The third-order valence-electron chi connectivity index (χ3n) is 2.33. The Hall–Kier alpha value is -1.38. The average Bonchev–Trinajstić information content (AvgIpc) is 2.12. The lowest BCUT2D eigenvalue weighted by Crippen LogP contribution is -2.20. The molecule has 0 saturated heterocycles. The first-order valence-corrected chi connectivity index (χ1v) is 4.26. The van der Waals surface area contributed by atoms with Gasteiger partial charge in [0.25, 0.3) is 0 Å². The molecule has 0 bridgehead atoms. The molecule has 1 heterocycles. The summed E-state index contributed by atoms with van der Waals surface area (Å²) < 4.78 is 13.2. The van der Waals surface area contributed by atoms with Crippen LogP contribution in [-0.4, -0.2) is 5.91 Å². The molecule has 13 heavy (non-hydrogen) atoms. The van der Waals surface area contributed by atoms with E-state index in [9.17, 15) is 9.18 Å². The Bertz CT molecular complexity index is 373. The van der Waals surface area contributed by atoms with Crippen LogP contribution in [-0.2, 0) is 11.2 Å². The van der Waals surface area contributed by atoms with Crippen LogP contribution in [0.2, 0.25) is 0 Å². The van der Waals surface area contributed by atoms with Crippen molar-refractivity contribution >= 4 is 11.6 Å². The summed E-state index contributed by atoms with van der Waals surface area (Å²) in [6.45, 7) is 1.86. The summed E-state index contributed by atoms with van der Waals surface area (Å²) >= 11 is 0. The van der Waals surface area contributed by atoms with E-state index in [0.717, 1.165) is 5.56 Å². The van der Waals surface area contributed by atoms with Gasteiger partial charge < -0.3 is 5.32 Å². The smallest absolute Gasteiger partial charge is 0.224 e. The molecule has 1 N–H and O–H groups in total. The third kappa shape index (κ3) is 1.30. The normalized spacial score (nSPS) is 15.1. The molecule has 1 aliphatic heterocycles. The second-order valence-corrected chi connectivity index (χ2v) is 3.27. The number of aryl methyl sites for hydroxylation is 1. The Morgan fingerprint density at radius 3 is 2.92 bits per heavy atom. The number of hydrogen-bond donors (Lipinski definition) is 1. The maximum Gasteiger partial charge on any atom is 0.224 e. The minimum absolute atomic E-state index is 0.0267. The average molecular weight is 179 g/mol. The SMILES string of the molecule is Cc1ccc(F)c2c1NC(=O)CC2. The summed E-state index contributed by atoms with van der Waals surface area (Å²) in [6.07, 6.45) is 0.891. The van der Waals surface area contributed by atoms with Gasteiger partial charge in [0.2, 0.25) is 5.91 Å². The van der Waals surface area contributed by atoms with Crippen LogP contribution >= 0.6 is 0 Å². The molecule has 1 aromatic carbocycles. The molecule has 68 valence electrons. The standard InChI is InChI=1S/C10H10FNO/c1-6-2-4-8(11)7-3-5-9(13)12-10(6)7/h2,4H,3,5H2,1H3,(H,12,13). The number of rotatable bonds is 0. The highest BCUT2D eigenvalue weighted by molar-refractivity contribution is 5.94. The van der Waals surface area contributed by atoms with E-state index in [-0.39, 0.29) is 11.7 Å². The molecule has 0 aliphatic carbocycles. The first-order chi connectivity index (χ1) is 6.18. The Labute approximate surface area is 75.8 Å². The zero-order chi connectivity index (χ0) is 9.42. The van der Waals surface area contributed by atoms with E-state index in [1.54, 1.807) is 6.07 Å². The first kappa shape index (κ1) is 8.23. The Balaban J connectivity index is 2.57. The molecule has 0 spiro atoms. The molecule has 1 aliphatic rings. The lowest BCUT2D eigenvalue weighted by atomic mass is 9.99. The van der Waals surface area contributed by atoms with Gasteiger partial charge in [0, 0.05) is 17.7 Å². The molecule has 2 rings (SSSR count). The summed E-state index contributed by atoms with van der Waals surface area (Å²) in [5.41, 5.74) is 2.22. The predicted octanol–water partition coefficient (Wildman–Crippen LogP) is 2.02. The largest absolute Gasteiger partial charge is 0.325 e. The van der Waals surface area contributed by atoms with E-state index in [2.05, 4.69) is 5.32 Å². The van der Waals surface area contributed by atoms with Crippen LogP contribution in [0, 0.1) is 12.7 Å². The van der Waals surface area contributed by atoms with Gasteiger partial charge in [-0.25, -0.2) is 4.39 Å². The van der Waals surface area contributed by atoms with Crippen molar-refractivity contribution in [3.8, 4) is 0 Å². The van der Waals surface area contributed by atoms with Crippen LogP contribution in [0.15, 0.2) is 12.1 Å². The predicted molar refractivity (Wildman–Crippen MR) is 48.1 cm³/mol. The molecule has 0 saturated carbocycles. The van der Waals surface area contributed by atoms with Crippen molar-refractivity contribution in [2.45, 2.75) is 19.8 Å².